The van der Waals surface area contributed by atoms with Crippen LogP contribution in [0.3, 0.4) is 0 Å². The summed E-state index contributed by atoms with van der Waals surface area (Å²) in [5.41, 5.74) is 7.12. The molecular formula is C14H20N2O3. The van der Waals surface area contributed by atoms with Crippen LogP contribution < -0.4 is 15.4 Å². The van der Waals surface area contributed by atoms with Gasteiger partial charge in [-0.05, 0) is 32.9 Å². The molecular weight excluding hydrogens is 244 g/mol. The van der Waals surface area contributed by atoms with Gasteiger partial charge in [-0.25, -0.2) is 0 Å². The highest BCUT2D eigenvalue weighted by atomic mass is 16.5. The van der Waals surface area contributed by atoms with E-state index in [2.05, 4.69) is 0 Å². The van der Waals surface area contributed by atoms with Gasteiger partial charge in [0.05, 0.1) is 18.4 Å². The lowest BCUT2D eigenvalue weighted by Crippen LogP contribution is -2.46. The van der Waals surface area contributed by atoms with Crippen molar-refractivity contribution in [3.8, 4) is 5.75 Å². The van der Waals surface area contributed by atoms with Crippen molar-refractivity contribution in [1.29, 1.82) is 0 Å². The van der Waals surface area contributed by atoms with E-state index in [0.717, 1.165) is 5.69 Å². The molecule has 0 aromatic heterocycles. The number of nitrogen functional groups attached to an aromatic ring is 1. The van der Waals surface area contributed by atoms with Crippen LogP contribution in [0.4, 0.5) is 11.4 Å². The zero-order valence-electron chi connectivity index (χ0n) is 11.6. The van der Waals surface area contributed by atoms with E-state index in [1.165, 1.54) is 0 Å². The molecule has 1 atom stereocenters. The number of anilines is 2. The molecule has 5 nitrogen and oxygen atoms in total. The Morgan fingerprint density at radius 1 is 1.47 bits per heavy atom. The predicted molar refractivity (Wildman–Crippen MR) is 74.4 cm³/mol. The van der Waals surface area contributed by atoms with Gasteiger partial charge in [0.2, 0.25) is 0 Å². The number of nitrogens with zero attached hydrogens (tertiary/aromatic N) is 1. The van der Waals surface area contributed by atoms with Gasteiger partial charge in [-0.2, -0.15) is 0 Å². The monoisotopic (exact) mass is 264 g/mol. The fourth-order valence-corrected chi connectivity index (χ4v) is 2.04. The Balaban J connectivity index is 2.19. The van der Waals surface area contributed by atoms with Crippen molar-refractivity contribution in [2.24, 2.45) is 0 Å². The first-order chi connectivity index (χ1) is 8.99. The second-order valence-corrected chi connectivity index (χ2v) is 4.90. The van der Waals surface area contributed by atoms with Crippen LogP contribution in [0, 0.1) is 0 Å². The van der Waals surface area contributed by atoms with Crippen molar-refractivity contribution < 1.29 is 14.3 Å². The quantitative estimate of drug-likeness (QED) is 0.842. The molecule has 1 unspecified atom stereocenters. The Kier molecular flexibility index (Phi) is 3.95. The molecule has 1 amide bonds. The third-order valence-corrected chi connectivity index (χ3v) is 2.96. The summed E-state index contributed by atoms with van der Waals surface area (Å²) in [6.07, 6.45) is -0.340. The van der Waals surface area contributed by atoms with Gasteiger partial charge in [0, 0.05) is 18.3 Å². The molecule has 0 spiro atoms. The zero-order valence-corrected chi connectivity index (χ0v) is 11.6. The Morgan fingerprint density at radius 3 is 2.89 bits per heavy atom. The minimum atomic E-state index is -0.492. The van der Waals surface area contributed by atoms with Crippen LogP contribution in [0.1, 0.15) is 20.8 Å². The molecule has 19 heavy (non-hydrogen) atoms. The highest BCUT2D eigenvalue weighted by molar-refractivity contribution is 6.00. The van der Waals surface area contributed by atoms with Gasteiger partial charge in [-0.1, -0.05) is 0 Å². The van der Waals surface area contributed by atoms with Crippen LogP contribution >= 0.6 is 0 Å². The molecule has 0 radical (unpaired) electrons. The van der Waals surface area contributed by atoms with Crippen molar-refractivity contribution in [2.75, 3.05) is 23.8 Å². The molecule has 5 heteroatoms. The average Bonchev–Trinajstić information content (AvgIpc) is 2.33. The molecule has 1 aromatic rings. The van der Waals surface area contributed by atoms with E-state index in [-0.39, 0.29) is 12.0 Å². The number of carbonyl (C=O) groups excluding carboxylic acids is 1. The molecule has 1 aliphatic rings. The van der Waals surface area contributed by atoms with Crippen LogP contribution in [0.5, 0.6) is 5.75 Å². The maximum atomic E-state index is 12.2. The molecule has 0 aliphatic carbocycles. The van der Waals surface area contributed by atoms with Gasteiger partial charge in [0.1, 0.15) is 5.75 Å². The first kappa shape index (κ1) is 13.7. The highest BCUT2D eigenvalue weighted by Crippen LogP contribution is 2.35. The summed E-state index contributed by atoms with van der Waals surface area (Å²) >= 11 is 0. The number of carbonyl (C=O) groups is 1. The summed E-state index contributed by atoms with van der Waals surface area (Å²) in [4.78, 5) is 13.9. The summed E-state index contributed by atoms with van der Waals surface area (Å²) < 4.78 is 11.1. The van der Waals surface area contributed by atoms with Crippen molar-refractivity contribution >= 4 is 17.3 Å². The van der Waals surface area contributed by atoms with Gasteiger partial charge in [-0.15, -0.1) is 0 Å². The molecule has 0 saturated carbocycles. The van der Waals surface area contributed by atoms with Crippen LogP contribution in [-0.4, -0.2) is 31.3 Å². The lowest BCUT2D eigenvalue weighted by molar-refractivity contribution is -0.125. The maximum absolute atomic E-state index is 12.2. The Bertz CT molecular complexity index is 474. The van der Waals surface area contributed by atoms with Crippen molar-refractivity contribution in [3.63, 3.8) is 0 Å². The van der Waals surface area contributed by atoms with Gasteiger partial charge in [0.25, 0.3) is 5.91 Å². The Labute approximate surface area is 113 Å². The van der Waals surface area contributed by atoms with E-state index in [9.17, 15) is 4.79 Å². The topological polar surface area (TPSA) is 64.8 Å². The molecule has 1 heterocycles. The van der Waals surface area contributed by atoms with E-state index in [1.54, 1.807) is 24.0 Å². The smallest absolute Gasteiger partial charge is 0.267 e. The van der Waals surface area contributed by atoms with E-state index in [1.807, 2.05) is 19.9 Å². The molecule has 2 N–H and O–H groups in total. The number of hydrogen-bond acceptors (Lipinski definition) is 4. The van der Waals surface area contributed by atoms with Crippen LogP contribution in [-0.2, 0) is 9.53 Å². The summed E-state index contributed by atoms with van der Waals surface area (Å²) in [6, 6.07) is 5.32. The lowest BCUT2D eigenvalue weighted by Gasteiger charge is -2.33. The number of amides is 1. The number of nitrogens with two attached hydrogens (primary N) is 1. The van der Waals surface area contributed by atoms with E-state index < -0.39 is 6.10 Å². The van der Waals surface area contributed by atoms with Crippen LogP contribution in [0.2, 0.25) is 0 Å². The van der Waals surface area contributed by atoms with E-state index in [0.29, 0.717) is 24.6 Å². The highest BCUT2D eigenvalue weighted by Gasteiger charge is 2.31. The van der Waals surface area contributed by atoms with Crippen molar-refractivity contribution in [3.05, 3.63) is 18.2 Å². The van der Waals surface area contributed by atoms with E-state index in [4.69, 9.17) is 15.2 Å². The minimum absolute atomic E-state index is 0.0513. The standard InChI is InChI=1S/C14H20N2O3/c1-9(2)18-7-6-16-12-5-4-11(15)8-13(12)19-10(3)14(16)17/h4-5,8-10H,6-7,15H2,1-3H3. The van der Waals surface area contributed by atoms with Crippen LogP contribution in [0.15, 0.2) is 18.2 Å². The molecule has 104 valence electrons. The largest absolute Gasteiger partial charge is 0.479 e. The first-order valence-electron chi connectivity index (χ1n) is 6.48. The summed E-state index contributed by atoms with van der Waals surface area (Å²) in [7, 11) is 0. The molecule has 2 rings (SSSR count). The SMILES string of the molecule is CC(C)OCCN1C(=O)C(C)Oc2cc(N)ccc21. The second-order valence-electron chi connectivity index (χ2n) is 4.90. The third-order valence-electron chi connectivity index (χ3n) is 2.96. The third kappa shape index (κ3) is 2.98. The summed E-state index contributed by atoms with van der Waals surface area (Å²) in [5.74, 6) is 0.598. The van der Waals surface area contributed by atoms with E-state index >= 15 is 0 Å². The Morgan fingerprint density at radius 2 is 2.21 bits per heavy atom. The minimum Gasteiger partial charge on any atom is -0.479 e. The van der Waals surface area contributed by atoms with Gasteiger partial charge < -0.3 is 20.1 Å². The number of fused-ring (bicyclic) bond motifs is 1. The predicted octanol–water partition coefficient (Wildman–Crippen LogP) is 1.81. The fourth-order valence-electron chi connectivity index (χ4n) is 2.04. The summed E-state index contributed by atoms with van der Waals surface area (Å²) in [5, 5.41) is 0. The first-order valence-corrected chi connectivity index (χ1v) is 6.48. The van der Waals surface area contributed by atoms with Gasteiger partial charge in [-0.3, -0.25) is 4.79 Å². The molecule has 0 saturated heterocycles. The fraction of sp³-hybridized carbons (Fsp3) is 0.500. The molecule has 1 aliphatic heterocycles. The normalized spacial score (nSPS) is 18.4. The van der Waals surface area contributed by atoms with Crippen molar-refractivity contribution in [2.45, 2.75) is 33.0 Å². The molecule has 1 aromatic carbocycles. The van der Waals surface area contributed by atoms with Crippen LogP contribution in [0.25, 0.3) is 0 Å². The second kappa shape index (κ2) is 5.48. The van der Waals surface area contributed by atoms with Crippen molar-refractivity contribution in [1.82, 2.24) is 0 Å². The number of hydrogen-bond donors (Lipinski definition) is 1. The average molecular weight is 264 g/mol. The Hall–Kier alpha value is -1.75. The zero-order chi connectivity index (χ0) is 14.0. The molecule has 0 fully saturated rings. The lowest BCUT2D eigenvalue weighted by atomic mass is 10.1. The number of benzene rings is 1. The van der Waals surface area contributed by atoms with Gasteiger partial charge >= 0.3 is 0 Å². The molecule has 0 bridgehead atoms. The summed E-state index contributed by atoms with van der Waals surface area (Å²) in [6.45, 7) is 6.70. The number of rotatable bonds is 4. The van der Waals surface area contributed by atoms with Gasteiger partial charge in [0.15, 0.2) is 6.10 Å². The number of ether oxygens (including phenoxy) is 2. The maximum Gasteiger partial charge on any atom is 0.267 e.